The zero-order chi connectivity index (χ0) is 15.3. The van der Waals surface area contributed by atoms with Crippen molar-refractivity contribution in [3.05, 3.63) is 11.9 Å². The molecule has 0 spiro atoms. The number of rotatable bonds is 8. The molecule has 0 fully saturated rings. The Labute approximate surface area is 124 Å². The lowest BCUT2D eigenvalue weighted by atomic mass is 10.0. The first-order valence-electron chi connectivity index (χ1n) is 7.37. The van der Waals surface area contributed by atoms with Gasteiger partial charge in [0.05, 0.1) is 11.9 Å². The molecule has 1 rings (SSSR count). The molecule has 1 N–H and O–H groups in total. The molecule has 0 amide bonds. The van der Waals surface area contributed by atoms with E-state index >= 15 is 0 Å². The second-order valence-corrected chi connectivity index (χ2v) is 6.47. The Morgan fingerprint density at radius 3 is 2.35 bits per heavy atom. The van der Waals surface area contributed by atoms with Crippen molar-refractivity contribution in [1.82, 2.24) is 19.8 Å². The Bertz CT molecular complexity index is 385. The minimum atomic E-state index is 0.516. The van der Waals surface area contributed by atoms with Crippen LogP contribution in [0.4, 0.5) is 5.95 Å². The summed E-state index contributed by atoms with van der Waals surface area (Å²) < 4.78 is 2.15. The van der Waals surface area contributed by atoms with Crippen LogP contribution in [0.5, 0.6) is 0 Å². The fraction of sp³-hybridized carbons (Fsp3) is 0.800. The molecule has 0 aliphatic heterocycles. The lowest BCUT2D eigenvalue weighted by Gasteiger charge is -2.24. The van der Waals surface area contributed by atoms with Gasteiger partial charge in [-0.1, -0.05) is 13.8 Å². The van der Waals surface area contributed by atoms with E-state index in [0.29, 0.717) is 12.0 Å². The van der Waals surface area contributed by atoms with E-state index in [1.54, 1.807) is 0 Å². The van der Waals surface area contributed by atoms with Crippen LogP contribution in [0.25, 0.3) is 0 Å². The Balaban J connectivity index is 2.62. The summed E-state index contributed by atoms with van der Waals surface area (Å²) >= 11 is 0. The van der Waals surface area contributed by atoms with E-state index in [9.17, 15) is 0 Å². The molecular weight excluding hydrogens is 250 g/mol. The standard InChI is InChI=1S/C15H31N5/c1-12(2)8-13(11-18(3)4)16-9-14-10-17-15(19(5)6)20(14)7/h10,12-13,16H,8-9,11H2,1-7H3. The normalized spacial score (nSPS) is 13.2. The SMILES string of the molecule is CC(C)CC(CN(C)C)NCc1cnc(N(C)C)n1C. The van der Waals surface area contributed by atoms with Gasteiger partial charge < -0.3 is 19.7 Å². The van der Waals surface area contributed by atoms with Crippen LogP contribution in [0.15, 0.2) is 6.20 Å². The predicted molar refractivity (Wildman–Crippen MR) is 86.2 cm³/mol. The van der Waals surface area contributed by atoms with Crippen LogP contribution in [0.2, 0.25) is 0 Å². The smallest absolute Gasteiger partial charge is 0.204 e. The zero-order valence-corrected chi connectivity index (χ0v) is 14.1. The van der Waals surface area contributed by atoms with Crippen LogP contribution in [-0.4, -0.2) is 55.2 Å². The van der Waals surface area contributed by atoms with Crippen LogP contribution in [0, 0.1) is 5.92 Å². The number of hydrogen-bond acceptors (Lipinski definition) is 4. The average Bonchev–Trinajstić information content (AvgIpc) is 2.66. The molecule has 0 aliphatic carbocycles. The maximum atomic E-state index is 4.45. The first kappa shape index (κ1) is 17.0. The second-order valence-electron chi connectivity index (χ2n) is 6.47. The van der Waals surface area contributed by atoms with E-state index in [-0.39, 0.29) is 0 Å². The summed E-state index contributed by atoms with van der Waals surface area (Å²) in [5.41, 5.74) is 1.22. The molecule has 1 heterocycles. The summed E-state index contributed by atoms with van der Waals surface area (Å²) in [7, 11) is 10.4. The number of aromatic nitrogens is 2. The van der Waals surface area contributed by atoms with Gasteiger partial charge in [-0.05, 0) is 26.4 Å². The third-order valence-corrected chi connectivity index (χ3v) is 3.37. The number of hydrogen-bond donors (Lipinski definition) is 1. The van der Waals surface area contributed by atoms with E-state index in [2.05, 4.69) is 54.8 Å². The van der Waals surface area contributed by atoms with E-state index in [4.69, 9.17) is 0 Å². The van der Waals surface area contributed by atoms with Crippen molar-refractivity contribution in [3.8, 4) is 0 Å². The average molecular weight is 281 g/mol. The van der Waals surface area contributed by atoms with Crippen molar-refractivity contribution in [2.24, 2.45) is 13.0 Å². The third-order valence-electron chi connectivity index (χ3n) is 3.37. The van der Waals surface area contributed by atoms with Crippen molar-refractivity contribution in [3.63, 3.8) is 0 Å². The Kier molecular flexibility index (Phi) is 6.49. The monoisotopic (exact) mass is 281 g/mol. The highest BCUT2D eigenvalue weighted by Gasteiger charge is 2.13. The highest BCUT2D eigenvalue weighted by atomic mass is 15.3. The van der Waals surface area contributed by atoms with Gasteiger partial charge in [-0.2, -0.15) is 0 Å². The molecule has 1 aromatic rings. The summed E-state index contributed by atoms with van der Waals surface area (Å²) in [5.74, 6) is 1.70. The Hall–Kier alpha value is -1.07. The molecule has 0 bridgehead atoms. The van der Waals surface area contributed by atoms with Crippen molar-refractivity contribution in [2.45, 2.75) is 32.9 Å². The summed E-state index contributed by atoms with van der Waals surface area (Å²) in [5, 5.41) is 3.67. The largest absolute Gasteiger partial charge is 0.348 e. The van der Waals surface area contributed by atoms with Gasteiger partial charge >= 0.3 is 0 Å². The molecule has 0 radical (unpaired) electrons. The van der Waals surface area contributed by atoms with Gasteiger partial charge in [0.1, 0.15) is 0 Å². The molecule has 5 heteroatoms. The van der Waals surface area contributed by atoms with E-state index in [0.717, 1.165) is 19.0 Å². The van der Waals surface area contributed by atoms with Crippen LogP contribution in [-0.2, 0) is 13.6 Å². The number of anilines is 1. The van der Waals surface area contributed by atoms with Gasteiger partial charge in [-0.25, -0.2) is 4.98 Å². The highest BCUT2D eigenvalue weighted by Crippen LogP contribution is 2.12. The summed E-state index contributed by atoms with van der Waals surface area (Å²) in [4.78, 5) is 8.73. The van der Waals surface area contributed by atoms with E-state index in [1.807, 2.05) is 25.2 Å². The lowest BCUT2D eigenvalue weighted by Crippen LogP contribution is -2.39. The summed E-state index contributed by atoms with van der Waals surface area (Å²) in [6.07, 6.45) is 3.15. The maximum Gasteiger partial charge on any atom is 0.204 e. The molecule has 1 aromatic heterocycles. The molecule has 0 saturated carbocycles. The minimum absolute atomic E-state index is 0.516. The zero-order valence-electron chi connectivity index (χ0n) is 14.1. The maximum absolute atomic E-state index is 4.45. The quantitative estimate of drug-likeness (QED) is 0.784. The molecule has 1 atom stereocenters. The second kappa shape index (κ2) is 7.64. The predicted octanol–water partition coefficient (Wildman–Crippen LogP) is 1.55. The molecular formula is C15H31N5. The molecule has 5 nitrogen and oxygen atoms in total. The minimum Gasteiger partial charge on any atom is -0.348 e. The first-order chi connectivity index (χ1) is 9.31. The molecule has 0 aliphatic rings. The Morgan fingerprint density at radius 1 is 1.25 bits per heavy atom. The van der Waals surface area contributed by atoms with Crippen molar-refractivity contribution < 1.29 is 0 Å². The van der Waals surface area contributed by atoms with Gasteiger partial charge in [0.25, 0.3) is 0 Å². The van der Waals surface area contributed by atoms with E-state index < -0.39 is 0 Å². The number of likely N-dealkylation sites (N-methyl/N-ethyl adjacent to an activating group) is 1. The van der Waals surface area contributed by atoms with Crippen molar-refractivity contribution in [2.75, 3.05) is 39.6 Å². The number of nitrogens with one attached hydrogen (secondary N) is 1. The van der Waals surface area contributed by atoms with Gasteiger partial charge in [-0.15, -0.1) is 0 Å². The van der Waals surface area contributed by atoms with Crippen LogP contribution in [0.1, 0.15) is 26.0 Å². The van der Waals surface area contributed by atoms with Gasteiger partial charge in [-0.3, -0.25) is 0 Å². The lowest BCUT2D eigenvalue weighted by molar-refractivity contribution is 0.303. The fourth-order valence-corrected chi connectivity index (χ4v) is 2.49. The highest BCUT2D eigenvalue weighted by molar-refractivity contribution is 5.30. The number of imidazole rings is 1. The molecule has 1 unspecified atom stereocenters. The fourth-order valence-electron chi connectivity index (χ4n) is 2.49. The summed E-state index contributed by atoms with van der Waals surface area (Å²) in [6.45, 7) is 6.48. The topological polar surface area (TPSA) is 36.3 Å². The Morgan fingerprint density at radius 2 is 1.90 bits per heavy atom. The number of nitrogens with zero attached hydrogens (tertiary/aromatic N) is 4. The van der Waals surface area contributed by atoms with Crippen LogP contribution >= 0.6 is 0 Å². The van der Waals surface area contributed by atoms with Gasteiger partial charge in [0.15, 0.2) is 0 Å². The van der Waals surface area contributed by atoms with Crippen molar-refractivity contribution >= 4 is 5.95 Å². The molecule has 0 saturated heterocycles. The third kappa shape index (κ3) is 5.13. The molecule has 0 aromatic carbocycles. The summed E-state index contributed by atoms with van der Waals surface area (Å²) in [6, 6.07) is 0.516. The van der Waals surface area contributed by atoms with Crippen molar-refractivity contribution in [1.29, 1.82) is 0 Å². The van der Waals surface area contributed by atoms with Crippen LogP contribution < -0.4 is 10.2 Å². The molecule has 20 heavy (non-hydrogen) atoms. The molecule has 116 valence electrons. The first-order valence-corrected chi connectivity index (χ1v) is 7.37. The van der Waals surface area contributed by atoms with Gasteiger partial charge in [0.2, 0.25) is 5.95 Å². The van der Waals surface area contributed by atoms with E-state index in [1.165, 1.54) is 12.1 Å². The van der Waals surface area contributed by atoms with Crippen LogP contribution in [0.3, 0.4) is 0 Å². The van der Waals surface area contributed by atoms with Gasteiger partial charge in [0, 0.05) is 40.3 Å².